The number of carbonyl (C=O) groups excluding carboxylic acids is 3. The summed E-state index contributed by atoms with van der Waals surface area (Å²) in [5.41, 5.74) is 1.10. The van der Waals surface area contributed by atoms with Crippen molar-refractivity contribution in [3.63, 3.8) is 0 Å². The number of carbonyl (C=O) groups is 3. The second-order valence-electron chi connectivity index (χ2n) is 5.64. The fourth-order valence-corrected chi connectivity index (χ4v) is 2.22. The van der Waals surface area contributed by atoms with E-state index in [1.807, 2.05) is 0 Å². The Kier molecular flexibility index (Phi) is 6.21. The van der Waals surface area contributed by atoms with Crippen molar-refractivity contribution in [2.75, 3.05) is 17.2 Å². The van der Waals surface area contributed by atoms with E-state index in [2.05, 4.69) is 10.6 Å². The number of ether oxygens (including phenoxy) is 1. The van der Waals surface area contributed by atoms with E-state index in [-0.39, 0.29) is 17.2 Å². The van der Waals surface area contributed by atoms with Gasteiger partial charge in [0.15, 0.2) is 6.61 Å². The molecular formula is C18H17N3O6. The van der Waals surface area contributed by atoms with Gasteiger partial charge < -0.3 is 15.4 Å². The van der Waals surface area contributed by atoms with Crippen LogP contribution in [0.5, 0.6) is 0 Å². The number of hydrogen-bond acceptors (Lipinski definition) is 6. The van der Waals surface area contributed by atoms with E-state index >= 15 is 0 Å². The molecule has 2 rings (SSSR count). The maximum absolute atomic E-state index is 12.0. The molecule has 2 amide bonds. The van der Waals surface area contributed by atoms with Gasteiger partial charge in [-0.15, -0.1) is 0 Å². The Bertz CT molecular complexity index is 910. The van der Waals surface area contributed by atoms with Crippen LogP contribution in [0.4, 0.5) is 17.1 Å². The first-order valence-corrected chi connectivity index (χ1v) is 7.86. The second kappa shape index (κ2) is 8.56. The molecule has 0 fully saturated rings. The summed E-state index contributed by atoms with van der Waals surface area (Å²) in [6.45, 7) is 2.35. The summed E-state index contributed by atoms with van der Waals surface area (Å²) in [7, 11) is 0. The average molecular weight is 371 g/mol. The quantitative estimate of drug-likeness (QED) is 0.456. The van der Waals surface area contributed by atoms with Gasteiger partial charge in [-0.25, -0.2) is 4.79 Å². The highest BCUT2D eigenvalue weighted by atomic mass is 16.6. The molecular weight excluding hydrogens is 354 g/mol. The number of hydrogen-bond donors (Lipinski definition) is 2. The third kappa shape index (κ3) is 5.63. The van der Waals surface area contributed by atoms with Gasteiger partial charge in [0.2, 0.25) is 5.91 Å². The van der Waals surface area contributed by atoms with Crippen LogP contribution in [0.3, 0.4) is 0 Å². The van der Waals surface area contributed by atoms with Gasteiger partial charge in [-0.05, 0) is 31.2 Å². The molecule has 0 aromatic heterocycles. The van der Waals surface area contributed by atoms with Crippen LogP contribution in [-0.2, 0) is 14.3 Å². The van der Waals surface area contributed by atoms with Crippen LogP contribution in [0.2, 0.25) is 0 Å². The zero-order valence-corrected chi connectivity index (χ0v) is 14.6. The lowest BCUT2D eigenvalue weighted by Gasteiger charge is -2.09. The molecule has 0 radical (unpaired) electrons. The number of nitro benzene ring substituents is 1. The van der Waals surface area contributed by atoms with Crippen molar-refractivity contribution in [1.29, 1.82) is 0 Å². The molecule has 0 saturated carbocycles. The van der Waals surface area contributed by atoms with Crippen LogP contribution in [-0.4, -0.2) is 29.3 Å². The topological polar surface area (TPSA) is 128 Å². The molecule has 0 saturated heterocycles. The smallest absolute Gasteiger partial charge is 0.338 e. The Labute approximate surface area is 154 Å². The molecule has 2 aromatic rings. The van der Waals surface area contributed by atoms with Gasteiger partial charge in [-0.1, -0.05) is 12.1 Å². The van der Waals surface area contributed by atoms with Gasteiger partial charge in [0.25, 0.3) is 11.6 Å². The van der Waals surface area contributed by atoms with E-state index in [9.17, 15) is 24.5 Å². The van der Waals surface area contributed by atoms with E-state index in [0.29, 0.717) is 16.9 Å². The summed E-state index contributed by atoms with van der Waals surface area (Å²) in [5.74, 6) is -1.69. The minimum atomic E-state index is -0.847. The first-order chi connectivity index (χ1) is 12.8. The monoisotopic (exact) mass is 371 g/mol. The second-order valence-corrected chi connectivity index (χ2v) is 5.64. The van der Waals surface area contributed by atoms with Crippen molar-refractivity contribution in [2.24, 2.45) is 0 Å². The minimum absolute atomic E-state index is 0.0206. The predicted octanol–water partition coefficient (Wildman–Crippen LogP) is 2.66. The molecule has 0 aliphatic heterocycles. The SMILES string of the molecule is CC(=O)Nc1cccc(NC(=O)COC(=O)c2ccc(C)c([N+](=O)[O-])c2)c1. The molecule has 0 bridgehead atoms. The molecule has 0 unspecified atom stereocenters. The minimum Gasteiger partial charge on any atom is -0.452 e. The first kappa shape index (κ1) is 19.6. The van der Waals surface area contributed by atoms with Crippen molar-refractivity contribution in [2.45, 2.75) is 13.8 Å². The first-order valence-electron chi connectivity index (χ1n) is 7.86. The van der Waals surface area contributed by atoms with Gasteiger partial charge in [-0.2, -0.15) is 0 Å². The van der Waals surface area contributed by atoms with Crippen LogP contribution < -0.4 is 10.6 Å². The Morgan fingerprint density at radius 2 is 1.74 bits per heavy atom. The number of nitro groups is 1. The zero-order valence-electron chi connectivity index (χ0n) is 14.6. The van der Waals surface area contributed by atoms with Crippen molar-refractivity contribution in [3.8, 4) is 0 Å². The Morgan fingerprint density at radius 1 is 1.07 bits per heavy atom. The summed E-state index contributed by atoms with van der Waals surface area (Å²) in [4.78, 5) is 45.3. The standard InChI is InChI=1S/C18H17N3O6/c1-11-6-7-13(8-16(11)21(25)26)18(24)27-10-17(23)20-15-5-3-4-14(9-15)19-12(2)22/h3-9H,10H2,1-2H3,(H,19,22)(H,20,23). The number of rotatable bonds is 6. The van der Waals surface area contributed by atoms with Crippen LogP contribution >= 0.6 is 0 Å². The van der Waals surface area contributed by atoms with E-state index in [1.54, 1.807) is 31.2 Å². The Morgan fingerprint density at radius 3 is 2.37 bits per heavy atom. The maximum Gasteiger partial charge on any atom is 0.338 e. The van der Waals surface area contributed by atoms with E-state index in [0.717, 1.165) is 6.07 Å². The third-order valence-electron chi connectivity index (χ3n) is 3.44. The molecule has 9 heteroatoms. The van der Waals surface area contributed by atoms with Crippen molar-refractivity contribution in [3.05, 3.63) is 63.7 Å². The molecule has 27 heavy (non-hydrogen) atoms. The van der Waals surface area contributed by atoms with Gasteiger partial charge >= 0.3 is 5.97 Å². The number of nitrogens with zero attached hydrogens (tertiary/aromatic N) is 1. The molecule has 9 nitrogen and oxygen atoms in total. The zero-order chi connectivity index (χ0) is 20.0. The number of esters is 1. The largest absolute Gasteiger partial charge is 0.452 e. The number of nitrogens with one attached hydrogen (secondary N) is 2. The fraction of sp³-hybridized carbons (Fsp3) is 0.167. The summed E-state index contributed by atoms with van der Waals surface area (Å²) in [6.07, 6.45) is 0. The van der Waals surface area contributed by atoms with Crippen molar-refractivity contribution >= 4 is 34.8 Å². The van der Waals surface area contributed by atoms with Gasteiger partial charge in [-0.3, -0.25) is 19.7 Å². The number of anilines is 2. The lowest BCUT2D eigenvalue weighted by molar-refractivity contribution is -0.385. The number of amides is 2. The van der Waals surface area contributed by atoms with Gasteiger partial charge in [0.05, 0.1) is 10.5 Å². The number of benzene rings is 2. The third-order valence-corrected chi connectivity index (χ3v) is 3.44. The highest BCUT2D eigenvalue weighted by Gasteiger charge is 2.17. The van der Waals surface area contributed by atoms with Crippen molar-refractivity contribution < 1.29 is 24.0 Å². The fourth-order valence-electron chi connectivity index (χ4n) is 2.22. The lowest BCUT2D eigenvalue weighted by atomic mass is 10.1. The van der Waals surface area contributed by atoms with E-state index in [4.69, 9.17) is 4.74 Å². The summed E-state index contributed by atoms with van der Waals surface area (Å²) in [6, 6.07) is 10.4. The summed E-state index contributed by atoms with van der Waals surface area (Å²) < 4.78 is 4.89. The van der Waals surface area contributed by atoms with Crippen molar-refractivity contribution in [1.82, 2.24) is 0 Å². The Balaban J connectivity index is 1.95. The van der Waals surface area contributed by atoms with Gasteiger partial charge in [0, 0.05) is 29.9 Å². The molecule has 0 aliphatic carbocycles. The summed E-state index contributed by atoms with van der Waals surface area (Å²) in [5, 5.41) is 16.0. The molecule has 140 valence electrons. The predicted molar refractivity (Wildman–Crippen MR) is 97.5 cm³/mol. The van der Waals surface area contributed by atoms with E-state index in [1.165, 1.54) is 19.1 Å². The average Bonchev–Trinajstić information content (AvgIpc) is 2.59. The highest BCUT2D eigenvalue weighted by Crippen LogP contribution is 2.20. The van der Waals surface area contributed by atoms with Crippen LogP contribution in [0.15, 0.2) is 42.5 Å². The molecule has 0 atom stereocenters. The maximum atomic E-state index is 12.0. The lowest BCUT2D eigenvalue weighted by Crippen LogP contribution is -2.21. The molecule has 0 spiro atoms. The highest BCUT2D eigenvalue weighted by molar-refractivity contribution is 5.96. The Hall–Kier alpha value is -3.75. The van der Waals surface area contributed by atoms with Crippen LogP contribution in [0.1, 0.15) is 22.8 Å². The van der Waals surface area contributed by atoms with Gasteiger partial charge in [0.1, 0.15) is 0 Å². The van der Waals surface area contributed by atoms with Crippen LogP contribution in [0, 0.1) is 17.0 Å². The molecule has 2 aromatic carbocycles. The molecule has 2 N–H and O–H groups in total. The molecule has 0 aliphatic rings. The van der Waals surface area contributed by atoms with Crippen LogP contribution in [0.25, 0.3) is 0 Å². The molecule has 0 heterocycles. The van der Waals surface area contributed by atoms with E-state index < -0.39 is 23.4 Å². The normalized spacial score (nSPS) is 10.0. The summed E-state index contributed by atoms with van der Waals surface area (Å²) >= 11 is 0. The number of aryl methyl sites for hydroxylation is 1.